The molecule has 6 nitrogen and oxygen atoms in total. The van der Waals surface area contributed by atoms with Gasteiger partial charge in [-0.05, 0) is 64.8 Å². The van der Waals surface area contributed by atoms with Crippen molar-refractivity contribution in [3.05, 3.63) is 47.5 Å². The Morgan fingerprint density at radius 1 is 1.03 bits per heavy atom. The molecule has 3 rings (SSSR count). The zero-order chi connectivity index (χ0) is 23.1. The molecule has 0 unspecified atom stereocenters. The van der Waals surface area contributed by atoms with E-state index in [0.29, 0.717) is 55.8 Å². The lowest BCUT2D eigenvalue weighted by atomic mass is 9.95. The van der Waals surface area contributed by atoms with Crippen molar-refractivity contribution in [2.24, 2.45) is 5.92 Å². The smallest absolute Gasteiger partial charge is 0.254 e. The first-order valence-electron chi connectivity index (χ1n) is 11.6. The SMILES string of the molecule is CCOc1cc(C(=O)N(C[C@H]2COc3ccccc3C2)C(C)C)cc(OCC)c1OCC. The lowest BCUT2D eigenvalue weighted by molar-refractivity contribution is 0.0635. The predicted octanol–water partition coefficient (Wildman–Crippen LogP) is 4.98. The summed E-state index contributed by atoms with van der Waals surface area (Å²) in [5.41, 5.74) is 1.73. The highest BCUT2D eigenvalue weighted by atomic mass is 16.5. The molecule has 0 N–H and O–H groups in total. The third kappa shape index (κ3) is 5.47. The molecule has 2 aromatic rings. The second-order valence-electron chi connectivity index (χ2n) is 8.14. The van der Waals surface area contributed by atoms with Gasteiger partial charge < -0.3 is 23.8 Å². The maximum Gasteiger partial charge on any atom is 0.254 e. The molecule has 0 radical (unpaired) electrons. The lowest BCUT2D eigenvalue weighted by Gasteiger charge is -2.33. The second-order valence-corrected chi connectivity index (χ2v) is 8.14. The monoisotopic (exact) mass is 441 g/mol. The Morgan fingerprint density at radius 2 is 1.66 bits per heavy atom. The highest BCUT2D eigenvalue weighted by molar-refractivity contribution is 5.96. The first-order valence-corrected chi connectivity index (χ1v) is 11.6. The fourth-order valence-corrected chi connectivity index (χ4v) is 3.99. The van der Waals surface area contributed by atoms with Crippen LogP contribution in [0.1, 0.15) is 50.5 Å². The van der Waals surface area contributed by atoms with Gasteiger partial charge in [0.2, 0.25) is 5.75 Å². The Kier molecular flexibility index (Phi) is 8.26. The summed E-state index contributed by atoms with van der Waals surface area (Å²) < 4.78 is 23.3. The molecular formula is C26H35NO5. The van der Waals surface area contributed by atoms with Crippen LogP contribution in [0.4, 0.5) is 0 Å². The predicted molar refractivity (Wildman–Crippen MR) is 125 cm³/mol. The molecule has 1 aliphatic heterocycles. The van der Waals surface area contributed by atoms with Gasteiger partial charge in [-0.2, -0.15) is 0 Å². The van der Waals surface area contributed by atoms with Crippen LogP contribution in [0.25, 0.3) is 0 Å². The number of nitrogens with zero attached hydrogens (tertiary/aromatic N) is 1. The molecule has 6 heteroatoms. The minimum absolute atomic E-state index is 0.0392. The zero-order valence-corrected chi connectivity index (χ0v) is 19.8. The van der Waals surface area contributed by atoms with Crippen LogP contribution in [0.3, 0.4) is 0 Å². The van der Waals surface area contributed by atoms with Crippen molar-refractivity contribution in [1.82, 2.24) is 4.90 Å². The number of fused-ring (bicyclic) bond motifs is 1. The summed E-state index contributed by atoms with van der Waals surface area (Å²) in [6, 6.07) is 11.7. The number of hydrogen-bond acceptors (Lipinski definition) is 5. The van der Waals surface area contributed by atoms with Gasteiger partial charge in [0.15, 0.2) is 11.5 Å². The van der Waals surface area contributed by atoms with E-state index in [1.807, 2.05) is 57.7 Å². The number of rotatable bonds is 10. The molecule has 1 heterocycles. The highest BCUT2D eigenvalue weighted by Gasteiger charge is 2.28. The van der Waals surface area contributed by atoms with E-state index in [1.54, 1.807) is 12.1 Å². The van der Waals surface area contributed by atoms with Gasteiger partial charge in [0, 0.05) is 24.1 Å². The molecule has 32 heavy (non-hydrogen) atoms. The maximum atomic E-state index is 13.6. The lowest BCUT2D eigenvalue weighted by Crippen LogP contribution is -2.43. The van der Waals surface area contributed by atoms with Gasteiger partial charge in [0.05, 0.1) is 26.4 Å². The topological polar surface area (TPSA) is 57.2 Å². The van der Waals surface area contributed by atoms with E-state index in [0.717, 1.165) is 12.2 Å². The highest BCUT2D eigenvalue weighted by Crippen LogP contribution is 2.39. The summed E-state index contributed by atoms with van der Waals surface area (Å²) in [6.07, 6.45) is 0.893. The van der Waals surface area contributed by atoms with Gasteiger partial charge in [-0.15, -0.1) is 0 Å². The van der Waals surface area contributed by atoms with E-state index in [9.17, 15) is 4.79 Å². The largest absolute Gasteiger partial charge is 0.493 e. The standard InChI is InChI=1S/C26H35NO5/c1-6-29-23-14-21(15-24(30-7-2)25(23)31-8-3)26(28)27(18(4)5)16-19-13-20-11-9-10-12-22(20)32-17-19/h9-12,14-15,18-19H,6-8,13,16-17H2,1-5H3/t19-/m0/s1. The molecule has 1 amide bonds. The van der Waals surface area contributed by atoms with Crippen molar-refractivity contribution in [3.63, 3.8) is 0 Å². The van der Waals surface area contributed by atoms with Crippen LogP contribution < -0.4 is 18.9 Å². The molecule has 0 aromatic heterocycles. The number of carbonyl (C=O) groups is 1. The first kappa shape index (κ1) is 23.8. The average molecular weight is 442 g/mol. The summed E-state index contributed by atoms with van der Waals surface area (Å²) in [5, 5.41) is 0. The third-order valence-corrected chi connectivity index (χ3v) is 5.45. The molecule has 0 fully saturated rings. The molecule has 1 aliphatic rings. The number of ether oxygens (including phenoxy) is 4. The van der Waals surface area contributed by atoms with Gasteiger partial charge in [0.1, 0.15) is 5.75 Å². The van der Waals surface area contributed by atoms with Crippen LogP contribution in [0, 0.1) is 5.92 Å². The van der Waals surface area contributed by atoms with Crippen molar-refractivity contribution in [2.75, 3.05) is 33.0 Å². The number of hydrogen-bond donors (Lipinski definition) is 0. The van der Waals surface area contributed by atoms with Crippen molar-refractivity contribution < 1.29 is 23.7 Å². The number of para-hydroxylation sites is 1. The van der Waals surface area contributed by atoms with Crippen LogP contribution in [0.15, 0.2) is 36.4 Å². The van der Waals surface area contributed by atoms with Crippen molar-refractivity contribution in [3.8, 4) is 23.0 Å². The number of benzene rings is 2. The van der Waals surface area contributed by atoms with E-state index in [4.69, 9.17) is 18.9 Å². The second kappa shape index (κ2) is 11.1. The summed E-state index contributed by atoms with van der Waals surface area (Å²) in [6.45, 7) is 12.4. The molecule has 0 saturated carbocycles. The van der Waals surface area contributed by atoms with Crippen LogP contribution in [0.5, 0.6) is 23.0 Å². The molecule has 1 atom stereocenters. The third-order valence-electron chi connectivity index (χ3n) is 5.45. The summed E-state index contributed by atoms with van der Waals surface area (Å²) in [7, 11) is 0. The Balaban J connectivity index is 1.87. The van der Waals surface area contributed by atoms with Crippen molar-refractivity contribution in [2.45, 2.75) is 47.1 Å². The van der Waals surface area contributed by atoms with E-state index in [-0.39, 0.29) is 17.9 Å². The fourth-order valence-electron chi connectivity index (χ4n) is 3.99. The van der Waals surface area contributed by atoms with Crippen molar-refractivity contribution in [1.29, 1.82) is 0 Å². The molecule has 0 spiro atoms. The maximum absolute atomic E-state index is 13.6. The quantitative estimate of drug-likeness (QED) is 0.520. The van der Waals surface area contributed by atoms with Crippen LogP contribution in [0.2, 0.25) is 0 Å². The average Bonchev–Trinajstić information content (AvgIpc) is 2.79. The molecule has 0 saturated heterocycles. The van der Waals surface area contributed by atoms with Crippen LogP contribution >= 0.6 is 0 Å². The summed E-state index contributed by atoms with van der Waals surface area (Å²) in [4.78, 5) is 15.5. The van der Waals surface area contributed by atoms with Gasteiger partial charge in [0.25, 0.3) is 5.91 Å². The van der Waals surface area contributed by atoms with E-state index in [2.05, 4.69) is 6.07 Å². The Labute approximate surface area is 191 Å². The molecule has 174 valence electrons. The van der Waals surface area contributed by atoms with Crippen LogP contribution in [-0.4, -0.2) is 49.8 Å². The molecule has 0 aliphatic carbocycles. The van der Waals surface area contributed by atoms with Gasteiger partial charge >= 0.3 is 0 Å². The van der Waals surface area contributed by atoms with Gasteiger partial charge in [-0.3, -0.25) is 4.79 Å². The normalized spacial score (nSPS) is 15.0. The molecule has 0 bridgehead atoms. The number of amides is 1. The minimum Gasteiger partial charge on any atom is -0.493 e. The Morgan fingerprint density at radius 3 is 2.25 bits per heavy atom. The summed E-state index contributed by atoms with van der Waals surface area (Å²) in [5.74, 6) is 2.73. The fraction of sp³-hybridized carbons (Fsp3) is 0.500. The first-order chi connectivity index (χ1) is 15.5. The van der Waals surface area contributed by atoms with E-state index in [1.165, 1.54) is 5.56 Å². The molecular weight excluding hydrogens is 406 g/mol. The van der Waals surface area contributed by atoms with E-state index < -0.39 is 0 Å². The zero-order valence-electron chi connectivity index (χ0n) is 19.8. The van der Waals surface area contributed by atoms with Gasteiger partial charge in [-0.25, -0.2) is 0 Å². The molecule has 2 aromatic carbocycles. The minimum atomic E-state index is -0.0520. The number of carbonyl (C=O) groups excluding carboxylic acids is 1. The van der Waals surface area contributed by atoms with Crippen molar-refractivity contribution >= 4 is 5.91 Å². The van der Waals surface area contributed by atoms with Gasteiger partial charge in [-0.1, -0.05) is 18.2 Å². The Hall–Kier alpha value is -2.89. The summed E-state index contributed by atoms with van der Waals surface area (Å²) >= 11 is 0. The van der Waals surface area contributed by atoms with Crippen LogP contribution in [-0.2, 0) is 6.42 Å². The Bertz CT molecular complexity index is 884. The van der Waals surface area contributed by atoms with E-state index >= 15 is 0 Å².